The number of carbonyl (C=O) groups excluding carboxylic acids is 3. The summed E-state index contributed by atoms with van der Waals surface area (Å²) in [6.07, 6.45) is 2.78. The maximum absolute atomic E-state index is 12.7. The van der Waals surface area contributed by atoms with Gasteiger partial charge in [0, 0.05) is 23.2 Å². The lowest BCUT2D eigenvalue weighted by Crippen LogP contribution is -2.42. The third kappa shape index (κ3) is 1.57. The van der Waals surface area contributed by atoms with Crippen molar-refractivity contribution in [2.75, 3.05) is 5.32 Å². The molecule has 1 amide bonds. The van der Waals surface area contributed by atoms with Crippen LogP contribution < -0.4 is 5.32 Å². The molecule has 1 unspecified atom stereocenters. The second kappa shape index (κ2) is 4.43. The van der Waals surface area contributed by atoms with Crippen molar-refractivity contribution in [2.45, 2.75) is 31.3 Å². The van der Waals surface area contributed by atoms with Gasteiger partial charge in [-0.2, -0.15) is 0 Å². The van der Waals surface area contributed by atoms with E-state index in [2.05, 4.69) is 5.32 Å². The summed E-state index contributed by atoms with van der Waals surface area (Å²) in [4.78, 5) is 36.4. The molecule has 3 aliphatic rings. The summed E-state index contributed by atoms with van der Waals surface area (Å²) >= 11 is 0. The number of ether oxygens (including phenoxy) is 2. The number of hydrogen-bond donors (Lipinski definition) is 1. The predicted octanol–water partition coefficient (Wildman–Crippen LogP) is 1.76. The zero-order valence-electron chi connectivity index (χ0n) is 11.7. The molecule has 112 valence electrons. The number of amides is 1. The van der Waals surface area contributed by atoms with E-state index in [1.807, 2.05) is 0 Å². The largest absolute Gasteiger partial charge is 0.431 e. The van der Waals surface area contributed by atoms with E-state index in [0.717, 1.165) is 12.8 Å². The summed E-state index contributed by atoms with van der Waals surface area (Å²) in [5.74, 6) is -2.26. The van der Waals surface area contributed by atoms with Crippen molar-refractivity contribution in [3.63, 3.8) is 0 Å². The zero-order chi connectivity index (χ0) is 15.3. The van der Waals surface area contributed by atoms with Crippen LogP contribution >= 0.6 is 0 Å². The second-order valence-corrected chi connectivity index (χ2v) is 5.57. The number of carbonyl (C=O) groups is 3. The van der Waals surface area contributed by atoms with Gasteiger partial charge >= 0.3 is 11.9 Å². The molecular formula is C16H13NO5. The molecule has 1 aliphatic carbocycles. The van der Waals surface area contributed by atoms with Crippen LogP contribution in [0.1, 0.15) is 31.2 Å². The van der Waals surface area contributed by atoms with Crippen LogP contribution in [0.3, 0.4) is 0 Å². The van der Waals surface area contributed by atoms with Gasteiger partial charge in [-0.05, 0) is 25.3 Å². The van der Waals surface area contributed by atoms with Gasteiger partial charge in [0.15, 0.2) is 0 Å². The molecule has 1 aromatic carbocycles. The highest BCUT2D eigenvalue weighted by Gasteiger charge is 2.57. The number of nitrogens with one attached hydrogen (secondary N) is 1. The molecule has 6 nitrogen and oxygen atoms in total. The minimum atomic E-state index is -1.57. The Labute approximate surface area is 126 Å². The number of allylic oxidation sites excluding steroid dienone is 1. The van der Waals surface area contributed by atoms with Crippen molar-refractivity contribution in [2.24, 2.45) is 0 Å². The van der Waals surface area contributed by atoms with Crippen LogP contribution in [0.25, 0.3) is 0 Å². The minimum Gasteiger partial charge on any atom is -0.431 e. The lowest BCUT2D eigenvalue weighted by Gasteiger charge is -2.30. The number of benzene rings is 1. The topological polar surface area (TPSA) is 81.7 Å². The van der Waals surface area contributed by atoms with Crippen molar-refractivity contribution in [3.8, 4) is 0 Å². The summed E-state index contributed by atoms with van der Waals surface area (Å²) in [5.41, 5.74) is 0.156. The molecule has 1 spiro atoms. The van der Waals surface area contributed by atoms with Gasteiger partial charge in [-0.3, -0.25) is 4.79 Å². The molecule has 0 fully saturated rings. The first-order valence-corrected chi connectivity index (χ1v) is 7.21. The van der Waals surface area contributed by atoms with Gasteiger partial charge in [-0.25, -0.2) is 9.59 Å². The number of fused-ring (bicyclic) bond motifs is 3. The molecule has 22 heavy (non-hydrogen) atoms. The van der Waals surface area contributed by atoms with Gasteiger partial charge in [-0.1, -0.05) is 18.2 Å². The van der Waals surface area contributed by atoms with Crippen LogP contribution in [0.5, 0.6) is 0 Å². The quantitative estimate of drug-likeness (QED) is 0.583. The molecule has 0 aromatic heterocycles. The SMILES string of the molecule is O=C1OC2=C(CCCC2)C2(OC1=O)C(=O)Nc1ccccc12. The Morgan fingerprint density at radius 3 is 2.64 bits per heavy atom. The summed E-state index contributed by atoms with van der Waals surface area (Å²) < 4.78 is 10.6. The molecule has 6 heteroatoms. The van der Waals surface area contributed by atoms with Gasteiger partial charge in [0.1, 0.15) is 5.76 Å². The highest BCUT2D eigenvalue weighted by Crippen LogP contribution is 2.49. The van der Waals surface area contributed by atoms with Crippen LogP contribution in [0, 0.1) is 0 Å². The monoisotopic (exact) mass is 299 g/mol. The molecule has 1 atom stereocenters. The lowest BCUT2D eigenvalue weighted by atomic mass is 9.80. The van der Waals surface area contributed by atoms with Crippen LogP contribution in [0.4, 0.5) is 5.69 Å². The molecule has 0 saturated heterocycles. The van der Waals surface area contributed by atoms with Gasteiger partial charge in [0.05, 0.1) is 0 Å². The highest BCUT2D eigenvalue weighted by atomic mass is 16.6. The fraction of sp³-hybridized carbons (Fsp3) is 0.312. The first-order chi connectivity index (χ1) is 10.6. The average molecular weight is 299 g/mol. The number of anilines is 1. The third-order valence-electron chi connectivity index (χ3n) is 4.34. The van der Waals surface area contributed by atoms with Crippen molar-refractivity contribution in [1.29, 1.82) is 0 Å². The van der Waals surface area contributed by atoms with E-state index in [4.69, 9.17) is 9.47 Å². The molecule has 0 bridgehead atoms. The zero-order valence-corrected chi connectivity index (χ0v) is 11.7. The van der Waals surface area contributed by atoms with Crippen LogP contribution in [-0.4, -0.2) is 17.8 Å². The van der Waals surface area contributed by atoms with Crippen molar-refractivity contribution < 1.29 is 23.9 Å². The molecule has 1 aromatic rings. The van der Waals surface area contributed by atoms with E-state index < -0.39 is 23.4 Å². The molecule has 0 radical (unpaired) electrons. The van der Waals surface area contributed by atoms with E-state index in [1.54, 1.807) is 24.3 Å². The van der Waals surface area contributed by atoms with E-state index in [-0.39, 0.29) is 0 Å². The number of esters is 2. The molecule has 2 heterocycles. The van der Waals surface area contributed by atoms with Gasteiger partial charge < -0.3 is 14.8 Å². The summed E-state index contributed by atoms with van der Waals surface area (Å²) in [7, 11) is 0. The molecular weight excluding hydrogens is 286 g/mol. The Bertz CT molecular complexity index is 751. The molecule has 4 rings (SSSR count). The third-order valence-corrected chi connectivity index (χ3v) is 4.34. The van der Waals surface area contributed by atoms with Crippen molar-refractivity contribution in [3.05, 3.63) is 41.2 Å². The van der Waals surface area contributed by atoms with E-state index >= 15 is 0 Å². The lowest BCUT2D eigenvalue weighted by molar-refractivity contribution is -0.173. The standard InChI is InChI=1S/C16H13NO5/c18-13-14(19)22-16(10-6-2-4-8-12(10)21-13)9-5-1-3-7-11(9)17-15(16)20/h1,3,5,7H,2,4,6,8H2,(H,17,20). The predicted molar refractivity (Wildman–Crippen MR) is 74.4 cm³/mol. The van der Waals surface area contributed by atoms with Gasteiger partial charge in [0.2, 0.25) is 5.60 Å². The Morgan fingerprint density at radius 1 is 1.00 bits per heavy atom. The van der Waals surface area contributed by atoms with Crippen molar-refractivity contribution >= 4 is 23.5 Å². The molecule has 2 aliphatic heterocycles. The summed E-state index contributed by atoms with van der Waals surface area (Å²) in [6.45, 7) is 0. The van der Waals surface area contributed by atoms with E-state index in [1.165, 1.54) is 0 Å². The van der Waals surface area contributed by atoms with E-state index in [9.17, 15) is 14.4 Å². The number of rotatable bonds is 0. The summed E-state index contributed by atoms with van der Waals surface area (Å²) in [5, 5.41) is 2.74. The highest BCUT2D eigenvalue weighted by molar-refractivity contribution is 6.31. The summed E-state index contributed by atoms with van der Waals surface area (Å²) in [6, 6.07) is 7.03. The smallest absolute Gasteiger partial charge is 0.422 e. The van der Waals surface area contributed by atoms with Crippen LogP contribution in [-0.2, 0) is 29.5 Å². The number of para-hydroxylation sites is 1. The maximum Gasteiger partial charge on any atom is 0.422 e. The fourth-order valence-corrected chi connectivity index (χ4v) is 3.39. The fourth-order valence-electron chi connectivity index (χ4n) is 3.39. The normalized spacial score (nSPS) is 26.8. The van der Waals surface area contributed by atoms with Crippen molar-refractivity contribution in [1.82, 2.24) is 0 Å². The minimum absolute atomic E-state index is 0.397. The number of hydrogen-bond acceptors (Lipinski definition) is 5. The van der Waals surface area contributed by atoms with Gasteiger partial charge in [0.25, 0.3) is 5.91 Å². The average Bonchev–Trinajstić information content (AvgIpc) is 2.74. The Morgan fingerprint density at radius 2 is 1.77 bits per heavy atom. The molecule has 0 saturated carbocycles. The van der Waals surface area contributed by atoms with Crippen LogP contribution in [0.15, 0.2) is 35.6 Å². The maximum atomic E-state index is 12.7. The van der Waals surface area contributed by atoms with Crippen LogP contribution in [0.2, 0.25) is 0 Å². The second-order valence-electron chi connectivity index (χ2n) is 5.57. The Balaban J connectivity index is 2.00. The first kappa shape index (κ1) is 13.1. The Hall–Kier alpha value is -2.63. The van der Waals surface area contributed by atoms with E-state index in [0.29, 0.717) is 35.4 Å². The van der Waals surface area contributed by atoms with Gasteiger partial charge in [-0.15, -0.1) is 0 Å². The molecule has 1 N–H and O–H groups in total. The first-order valence-electron chi connectivity index (χ1n) is 7.21. The Kier molecular flexibility index (Phi) is 2.63.